The van der Waals surface area contributed by atoms with Gasteiger partial charge in [-0.2, -0.15) is 0 Å². The monoisotopic (exact) mass is 580 g/mol. The highest BCUT2D eigenvalue weighted by molar-refractivity contribution is 7.10. The Kier molecular flexibility index (Phi) is 10.0. The third-order valence-electron chi connectivity index (χ3n) is 7.99. The van der Waals surface area contributed by atoms with Gasteiger partial charge in [0.05, 0.1) is 0 Å². The van der Waals surface area contributed by atoms with Gasteiger partial charge in [-0.1, -0.05) is 79.3 Å². The molecule has 0 aliphatic carbocycles. The van der Waals surface area contributed by atoms with Crippen LogP contribution in [0.1, 0.15) is 20.8 Å². The van der Waals surface area contributed by atoms with Gasteiger partial charge < -0.3 is 13.3 Å². The number of hydrogen-bond acceptors (Lipinski definition) is 3. The summed E-state index contributed by atoms with van der Waals surface area (Å²) in [4.78, 5) is 0. The molecule has 0 spiro atoms. The lowest BCUT2D eigenvalue weighted by atomic mass is 10.3. The molecule has 38 heavy (non-hydrogen) atoms. The summed E-state index contributed by atoms with van der Waals surface area (Å²) in [5.74, 6) is 0. The molecule has 0 amide bonds. The van der Waals surface area contributed by atoms with Gasteiger partial charge in [-0.25, -0.2) is 0 Å². The maximum atomic E-state index is 6.17. The van der Waals surface area contributed by atoms with Crippen LogP contribution < -0.4 is 31.1 Å². The maximum absolute atomic E-state index is 6.17. The quantitative estimate of drug-likeness (QED) is 0.238. The fourth-order valence-corrected chi connectivity index (χ4v) is 14.5. The van der Waals surface area contributed by atoms with Crippen molar-refractivity contribution < 1.29 is 13.3 Å². The number of benzene rings is 3. The molecule has 0 fully saturated rings. The fourth-order valence-electron chi connectivity index (χ4n) is 5.45. The van der Waals surface area contributed by atoms with E-state index in [4.69, 9.17) is 13.3 Å². The van der Waals surface area contributed by atoms with E-state index in [1.165, 1.54) is 31.1 Å². The average Bonchev–Trinajstić information content (AvgIpc) is 2.88. The van der Waals surface area contributed by atoms with E-state index in [0.29, 0.717) is 0 Å². The highest BCUT2D eigenvalue weighted by Crippen LogP contribution is 2.12. The van der Waals surface area contributed by atoms with Crippen LogP contribution in [0.5, 0.6) is 0 Å². The second-order valence-corrected chi connectivity index (χ2v) is 27.3. The van der Waals surface area contributed by atoms with Crippen molar-refractivity contribution in [3.63, 3.8) is 0 Å². The minimum absolute atomic E-state index is 0.759. The summed E-state index contributed by atoms with van der Waals surface area (Å²) in [7, 11) is -7.94. The first kappa shape index (κ1) is 30.9. The molecule has 0 aliphatic heterocycles. The molecule has 206 valence electrons. The van der Waals surface area contributed by atoms with Crippen LogP contribution in [0.25, 0.3) is 0 Å². The SMILES string of the molecule is CCO[Si](C)(C)c1ccc([Si](C)(c2ccc([Si](C)(C)OCC)cc2)c2ccc([Si](C)(C)OCC)cc2)cc1. The maximum Gasteiger partial charge on any atom is 0.218 e. The second kappa shape index (κ2) is 12.3. The highest BCUT2D eigenvalue weighted by Gasteiger charge is 2.36. The Bertz CT molecular complexity index is 1020. The van der Waals surface area contributed by atoms with Crippen LogP contribution in [-0.4, -0.2) is 52.8 Å². The van der Waals surface area contributed by atoms with Crippen LogP contribution in [0.15, 0.2) is 72.8 Å². The van der Waals surface area contributed by atoms with Crippen LogP contribution in [0.3, 0.4) is 0 Å². The molecule has 0 aliphatic rings. The standard InChI is InChI=1S/C31H48O3Si4/c1-11-32-35(4,5)26-14-20-29(21-15-26)38(10,30-22-16-27(17-23-30)36(6,7)33-12-2)31-24-18-28(19-25-31)37(8,9)34-13-3/h14-25H,11-13H2,1-10H3. The Morgan fingerprint density at radius 3 is 0.737 bits per heavy atom. The van der Waals surface area contributed by atoms with Crippen molar-refractivity contribution in [3.8, 4) is 0 Å². The molecule has 3 nitrogen and oxygen atoms in total. The molecule has 0 saturated heterocycles. The van der Waals surface area contributed by atoms with Crippen LogP contribution in [0, 0.1) is 0 Å². The van der Waals surface area contributed by atoms with Crippen molar-refractivity contribution >= 4 is 64.1 Å². The predicted octanol–water partition coefficient (Wildman–Crippen LogP) is 4.13. The molecular weight excluding hydrogens is 533 g/mol. The Balaban J connectivity index is 2.12. The summed E-state index contributed by atoms with van der Waals surface area (Å²) in [5.41, 5.74) is 0. The lowest BCUT2D eigenvalue weighted by molar-refractivity contribution is 0.338. The summed E-state index contributed by atoms with van der Waals surface area (Å²) in [6, 6.07) is 28.1. The molecule has 3 aromatic carbocycles. The molecule has 3 aromatic rings. The molecule has 0 bridgehead atoms. The predicted molar refractivity (Wildman–Crippen MR) is 176 cm³/mol. The van der Waals surface area contributed by atoms with Gasteiger partial charge >= 0.3 is 0 Å². The van der Waals surface area contributed by atoms with Crippen molar-refractivity contribution in [2.75, 3.05) is 19.8 Å². The molecular formula is C31H48O3Si4. The summed E-state index contributed by atoms with van der Waals surface area (Å²) in [6.45, 7) is 24.7. The van der Waals surface area contributed by atoms with E-state index < -0.39 is 33.0 Å². The largest absolute Gasteiger partial charge is 0.413 e. The van der Waals surface area contributed by atoms with Gasteiger partial charge in [0, 0.05) is 19.8 Å². The van der Waals surface area contributed by atoms with Crippen LogP contribution in [-0.2, 0) is 13.3 Å². The number of rotatable bonds is 12. The van der Waals surface area contributed by atoms with E-state index in [1.807, 2.05) is 0 Å². The Hall–Kier alpha value is -1.59. The summed E-state index contributed by atoms with van der Waals surface area (Å²) in [5, 5.41) is 8.30. The van der Waals surface area contributed by atoms with E-state index in [1.54, 1.807) is 0 Å². The minimum atomic E-state index is -2.26. The van der Waals surface area contributed by atoms with Gasteiger partial charge in [0.1, 0.15) is 8.07 Å². The van der Waals surface area contributed by atoms with E-state index in [9.17, 15) is 0 Å². The van der Waals surface area contributed by atoms with Gasteiger partial charge in [-0.05, 0) is 91.2 Å². The third-order valence-corrected chi connectivity index (χ3v) is 20.7. The highest BCUT2D eigenvalue weighted by atomic mass is 28.4. The lowest BCUT2D eigenvalue weighted by Crippen LogP contribution is -2.65. The van der Waals surface area contributed by atoms with E-state index in [-0.39, 0.29) is 0 Å². The molecule has 0 aromatic heterocycles. The van der Waals surface area contributed by atoms with Gasteiger partial charge in [-0.15, -0.1) is 0 Å². The van der Waals surface area contributed by atoms with Crippen molar-refractivity contribution in [2.45, 2.75) is 66.6 Å². The van der Waals surface area contributed by atoms with Crippen LogP contribution >= 0.6 is 0 Å². The zero-order valence-corrected chi connectivity index (χ0v) is 29.3. The molecule has 0 radical (unpaired) electrons. The van der Waals surface area contributed by atoms with Crippen molar-refractivity contribution in [3.05, 3.63) is 72.8 Å². The first-order valence-electron chi connectivity index (χ1n) is 14.1. The fraction of sp³-hybridized carbons (Fsp3) is 0.419. The first-order chi connectivity index (χ1) is 17.8. The minimum Gasteiger partial charge on any atom is -0.413 e. The van der Waals surface area contributed by atoms with Gasteiger partial charge in [0.2, 0.25) is 25.0 Å². The zero-order chi connectivity index (χ0) is 28.2. The topological polar surface area (TPSA) is 27.7 Å². The molecule has 0 atom stereocenters. The Morgan fingerprint density at radius 1 is 0.368 bits per heavy atom. The molecule has 0 heterocycles. The molecule has 0 N–H and O–H groups in total. The van der Waals surface area contributed by atoms with Gasteiger partial charge in [0.25, 0.3) is 0 Å². The smallest absolute Gasteiger partial charge is 0.218 e. The average molecular weight is 581 g/mol. The van der Waals surface area contributed by atoms with Crippen LogP contribution in [0.2, 0.25) is 45.8 Å². The Labute approximate surface area is 236 Å². The van der Waals surface area contributed by atoms with Crippen molar-refractivity contribution in [1.82, 2.24) is 0 Å². The lowest BCUT2D eigenvalue weighted by Gasteiger charge is -2.32. The summed E-state index contributed by atoms with van der Waals surface area (Å²) in [6.07, 6.45) is 0. The van der Waals surface area contributed by atoms with Crippen molar-refractivity contribution in [1.29, 1.82) is 0 Å². The van der Waals surface area contributed by atoms with Crippen LogP contribution in [0.4, 0.5) is 0 Å². The second-order valence-electron chi connectivity index (χ2n) is 11.7. The third kappa shape index (κ3) is 6.58. The van der Waals surface area contributed by atoms with E-state index >= 15 is 0 Å². The van der Waals surface area contributed by atoms with E-state index in [2.05, 4.69) is 139 Å². The van der Waals surface area contributed by atoms with Crippen molar-refractivity contribution in [2.24, 2.45) is 0 Å². The van der Waals surface area contributed by atoms with Gasteiger partial charge in [0.15, 0.2) is 0 Å². The Morgan fingerprint density at radius 2 is 0.553 bits per heavy atom. The summed E-state index contributed by atoms with van der Waals surface area (Å²) < 4.78 is 18.5. The van der Waals surface area contributed by atoms with E-state index in [0.717, 1.165) is 19.8 Å². The molecule has 0 unspecified atom stereocenters. The summed E-state index contributed by atoms with van der Waals surface area (Å²) >= 11 is 0. The molecule has 3 rings (SSSR count). The first-order valence-corrected chi connectivity index (χ1v) is 25.3. The molecule has 0 saturated carbocycles. The number of hydrogen-bond donors (Lipinski definition) is 0. The zero-order valence-electron chi connectivity index (χ0n) is 25.3. The molecule has 7 heteroatoms. The van der Waals surface area contributed by atoms with Gasteiger partial charge in [-0.3, -0.25) is 0 Å². The normalized spacial score (nSPS) is 13.1.